The highest BCUT2D eigenvalue weighted by Crippen LogP contribution is 2.30. The van der Waals surface area contributed by atoms with Crippen molar-refractivity contribution < 1.29 is 18.3 Å². The van der Waals surface area contributed by atoms with Crippen LogP contribution in [0.15, 0.2) is 20.1 Å². The van der Waals surface area contributed by atoms with Gasteiger partial charge in [0.05, 0.1) is 0 Å². The van der Waals surface area contributed by atoms with Crippen LogP contribution in [-0.2, 0) is 14.8 Å². The average Bonchev–Trinajstić information content (AvgIpc) is 2.62. The Hall–Kier alpha value is -0.440. The lowest BCUT2D eigenvalue weighted by Gasteiger charge is -2.21. The van der Waals surface area contributed by atoms with Crippen molar-refractivity contribution in [2.24, 2.45) is 5.92 Å². The second-order valence-corrected chi connectivity index (χ2v) is 8.04. The summed E-state index contributed by atoms with van der Waals surface area (Å²) in [7, 11) is -3.75. The minimum atomic E-state index is -3.75. The van der Waals surface area contributed by atoms with E-state index in [9.17, 15) is 13.2 Å². The number of aliphatic carboxylic acids is 1. The molecule has 5 nitrogen and oxygen atoms in total. The Morgan fingerprint density at radius 2 is 2.17 bits per heavy atom. The molecule has 8 heteroatoms. The van der Waals surface area contributed by atoms with Crippen LogP contribution in [0.1, 0.15) is 13.8 Å². The van der Waals surface area contributed by atoms with Crippen LogP contribution < -0.4 is 0 Å². The molecule has 0 fully saturated rings. The number of hydrogen-bond donors (Lipinski definition) is 1. The number of carboxylic acids is 1. The molecule has 18 heavy (non-hydrogen) atoms. The normalized spacial score (nSPS) is 12.3. The number of thiophene rings is 1. The molecule has 0 radical (unpaired) electrons. The van der Waals surface area contributed by atoms with E-state index in [1.165, 1.54) is 0 Å². The molecule has 102 valence electrons. The molecule has 0 saturated carbocycles. The average molecular weight is 356 g/mol. The van der Waals surface area contributed by atoms with Gasteiger partial charge in [-0.2, -0.15) is 4.31 Å². The number of rotatable bonds is 6. The maximum absolute atomic E-state index is 12.3. The lowest BCUT2D eigenvalue weighted by molar-refractivity contribution is -0.137. The van der Waals surface area contributed by atoms with Gasteiger partial charge in [0, 0.05) is 11.0 Å². The summed E-state index contributed by atoms with van der Waals surface area (Å²) in [5.41, 5.74) is 0. The molecule has 0 saturated heterocycles. The first-order chi connectivity index (χ1) is 8.25. The monoisotopic (exact) mass is 355 g/mol. The Labute approximate surface area is 119 Å². The van der Waals surface area contributed by atoms with Crippen LogP contribution in [0.3, 0.4) is 0 Å². The van der Waals surface area contributed by atoms with Crippen LogP contribution in [0.4, 0.5) is 0 Å². The summed E-state index contributed by atoms with van der Waals surface area (Å²) in [5.74, 6) is -1.11. The third-order valence-corrected chi connectivity index (χ3v) is 6.50. The van der Waals surface area contributed by atoms with Crippen molar-refractivity contribution >= 4 is 43.3 Å². The molecular formula is C10H14BrNO4S2. The van der Waals surface area contributed by atoms with Crippen LogP contribution in [0.5, 0.6) is 0 Å². The van der Waals surface area contributed by atoms with Gasteiger partial charge in [-0.1, -0.05) is 13.8 Å². The first kappa shape index (κ1) is 15.6. The molecule has 1 aromatic heterocycles. The summed E-state index contributed by atoms with van der Waals surface area (Å²) in [6.45, 7) is 3.34. The maximum Gasteiger partial charge on any atom is 0.318 e. The second-order valence-electron chi connectivity index (χ2n) is 4.14. The summed E-state index contributed by atoms with van der Waals surface area (Å²) in [6.07, 6.45) is 0. The van der Waals surface area contributed by atoms with Gasteiger partial charge in [0.2, 0.25) is 0 Å². The van der Waals surface area contributed by atoms with Gasteiger partial charge in [-0.05, 0) is 33.3 Å². The van der Waals surface area contributed by atoms with Crippen molar-refractivity contribution in [1.82, 2.24) is 4.31 Å². The Bertz CT molecular complexity index is 524. The van der Waals surface area contributed by atoms with E-state index < -0.39 is 22.5 Å². The van der Waals surface area contributed by atoms with E-state index in [-0.39, 0.29) is 16.7 Å². The van der Waals surface area contributed by atoms with E-state index in [4.69, 9.17) is 5.11 Å². The molecule has 0 unspecified atom stereocenters. The Morgan fingerprint density at radius 1 is 1.56 bits per heavy atom. The van der Waals surface area contributed by atoms with Crippen molar-refractivity contribution in [3.05, 3.63) is 15.9 Å². The Kier molecular flexibility index (Phi) is 5.32. The van der Waals surface area contributed by atoms with Gasteiger partial charge in [-0.25, -0.2) is 8.42 Å². The molecule has 0 bridgehead atoms. The molecule has 1 rings (SSSR count). The SMILES string of the molecule is CC(C)CN(CC(=O)O)S(=O)(=O)c1sccc1Br. The van der Waals surface area contributed by atoms with Crippen LogP contribution in [0.2, 0.25) is 0 Å². The van der Waals surface area contributed by atoms with Gasteiger partial charge >= 0.3 is 5.97 Å². The van der Waals surface area contributed by atoms with E-state index in [0.717, 1.165) is 15.6 Å². The highest BCUT2D eigenvalue weighted by molar-refractivity contribution is 9.10. The second kappa shape index (κ2) is 6.14. The summed E-state index contributed by atoms with van der Waals surface area (Å²) < 4.78 is 26.3. The number of carbonyl (C=O) groups is 1. The molecule has 1 N–H and O–H groups in total. The largest absolute Gasteiger partial charge is 0.480 e. The van der Waals surface area contributed by atoms with Gasteiger partial charge in [0.15, 0.2) is 0 Å². The van der Waals surface area contributed by atoms with Crippen LogP contribution in [-0.4, -0.2) is 36.9 Å². The smallest absolute Gasteiger partial charge is 0.318 e. The van der Waals surface area contributed by atoms with Crippen LogP contribution in [0.25, 0.3) is 0 Å². The first-order valence-electron chi connectivity index (χ1n) is 5.20. The fourth-order valence-electron chi connectivity index (χ4n) is 1.39. The van der Waals surface area contributed by atoms with E-state index in [2.05, 4.69) is 15.9 Å². The van der Waals surface area contributed by atoms with Crippen molar-refractivity contribution in [2.45, 2.75) is 18.1 Å². The predicted molar refractivity (Wildman–Crippen MR) is 73.3 cm³/mol. The van der Waals surface area contributed by atoms with E-state index in [0.29, 0.717) is 4.47 Å². The highest BCUT2D eigenvalue weighted by atomic mass is 79.9. The van der Waals surface area contributed by atoms with Gasteiger partial charge in [0.25, 0.3) is 10.0 Å². The zero-order valence-corrected chi connectivity index (χ0v) is 13.2. The summed E-state index contributed by atoms with van der Waals surface area (Å²) in [6, 6.07) is 1.63. The molecule has 0 atom stereocenters. The van der Waals surface area contributed by atoms with Crippen molar-refractivity contribution in [3.8, 4) is 0 Å². The standard InChI is InChI=1S/C10H14BrNO4S2/c1-7(2)5-12(6-9(13)14)18(15,16)10-8(11)3-4-17-10/h3-4,7H,5-6H2,1-2H3,(H,13,14). The number of hydrogen-bond acceptors (Lipinski definition) is 4. The topological polar surface area (TPSA) is 74.7 Å². The van der Waals surface area contributed by atoms with E-state index >= 15 is 0 Å². The maximum atomic E-state index is 12.3. The molecular weight excluding hydrogens is 342 g/mol. The minimum absolute atomic E-state index is 0.0536. The van der Waals surface area contributed by atoms with Gasteiger partial charge in [-0.3, -0.25) is 4.79 Å². The predicted octanol–water partition coefficient (Wildman–Crippen LogP) is 2.24. The van der Waals surface area contributed by atoms with E-state index in [1.54, 1.807) is 11.4 Å². The Morgan fingerprint density at radius 3 is 2.56 bits per heavy atom. The number of nitrogens with zero attached hydrogens (tertiary/aromatic N) is 1. The number of carboxylic acid groups (broad SMARTS) is 1. The molecule has 0 aliphatic rings. The fourth-order valence-corrected chi connectivity index (χ4v) is 5.39. The van der Waals surface area contributed by atoms with Crippen molar-refractivity contribution in [2.75, 3.05) is 13.1 Å². The third-order valence-electron chi connectivity index (χ3n) is 2.04. The lowest BCUT2D eigenvalue weighted by atomic mass is 10.2. The molecule has 0 aromatic carbocycles. The summed E-state index contributed by atoms with van der Waals surface area (Å²) >= 11 is 4.23. The summed E-state index contributed by atoms with van der Waals surface area (Å²) in [4.78, 5) is 10.8. The van der Waals surface area contributed by atoms with Crippen LogP contribution in [0, 0.1) is 5.92 Å². The molecule has 1 aromatic rings. The summed E-state index contributed by atoms with van der Waals surface area (Å²) in [5, 5.41) is 10.5. The highest BCUT2D eigenvalue weighted by Gasteiger charge is 2.29. The van der Waals surface area contributed by atoms with Crippen molar-refractivity contribution in [1.29, 1.82) is 0 Å². The molecule has 1 heterocycles. The zero-order chi connectivity index (χ0) is 13.9. The molecule has 0 aliphatic heterocycles. The zero-order valence-electron chi connectivity index (χ0n) is 9.96. The number of halogens is 1. The minimum Gasteiger partial charge on any atom is -0.480 e. The first-order valence-corrected chi connectivity index (χ1v) is 8.31. The Balaban J connectivity index is 3.11. The van der Waals surface area contributed by atoms with Gasteiger partial charge in [-0.15, -0.1) is 11.3 Å². The molecule has 0 amide bonds. The van der Waals surface area contributed by atoms with Crippen molar-refractivity contribution in [3.63, 3.8) is 0 Å². The van der Waals surface area contributed by atoms with Crippen LogP contribution >= 0.6 is 27.3 Å². The quantitative estimate of drug-likeness (QED) is 0.848. The van der Waals surface area contributed by atoms with E-state index in [1.807, 2.05) is 13.8 Å². The fraction of sp³-hybridized carbons (Fsp3) is 0.500. The third kappa shape index (κ3) is 3.78. The molecule has 0 aliphatic carbocycles. The van der Waals surface area contributed by atoms with Gasteiger partial charge in [0.1, 0.15) is 10.8 Å². The lowest BCUT2D eigenvalue weighted by Crippen LogP contribution is -2.38. The van der Waals surface area contributed by atoms with Gasteiger partial charge < -0.3 is 5.11 Å². The number of sulfonamides is 1. The molecule has 0 spiro atoms.